The zero-order valence-corrected chi connectivity index (χ0v) is 22.0. The number of nitrogens with one attached hydrogen (secondary N) is 1. The van der Waals surface area contributed by atoms with Crippen LogP contribution in [0.4, 0.5) is 5.69 Å². The Hall–Kier alpha value is -2.87. The number of hydrogen-bond donors (Lipinski definition) is 1. The fraction of sp³-hybridized carbons (Fsp3) is 0.481. The number of rotatable bonds is 10. The first-order chi connectivity index (χ1) is 16.6. The minimum atomic E-state index is -3.74. The van der Waals surface area contributed by atoms with Gasteiger partial charge >= 0.3 is 0 Å². The Morgan fingerprint density at radius 2 is 1.63 bits per heavy atom. The number of benzene rings is 2. The van der Waals surface area contributed by atoms with Gasteiger partial charge in [-0.3, -0.25) is 13.9 Å². The van der Waals surface area contributed by atoms with E-state index in [4.69, 9.17) is 0 Å². The number of aryl methyl sites for hydroxylation is 2. The van der Waals surface area contributed by atoms with E-state index in [1.54, 1.807) is 12.1 Å². The van der Waals surface area contributed by atoms with Gasteiger partial charge in [0, 0.05) is 12.6 Å². The van der Waals surface area contributed by atoms with Crippen molar-refractivity contribution >= 4 is 27.5 Å². The molecule has 2 aromatic rings. The van der Waals surface area contributed by atoms with Crippen LogP contribution in [-0.4, -0.2) is 50.0 Å². The molecule has 0 radical (unpaired) electrons. The first-order valence-electron chi connectivity index (χ1n) is 12.3. The molecule has 1 N–H and O–H groups in total. The Labute approximate surface area is 209 Å². The molecule has 190 valence electrons. The SMILES string of the molecule is CC[C@H](C(=O)NC1CCCC1)N(Cc1ccccc1)C(=O)CN(c1cc(C)cc(C)c1)S(C)(=O)=O. The molecule has 0 bridgehead atoms. The molecule has 35 heavy (non-hydrogen) atoms. The van der Waals surface area contributed by atoms with Crippen molar-refractivity contribution < 1.29 is 18.0 Å². The van der Waals surface area contributed by atoms with Crippen molar-refractivity contribution in [2.45, 2.75) is 71.5 Å². The van der Waals surface area contributed by atoms with Crippen molar-refractivity contribution in [2.24, 2.45) is 0 Å². The van der Waals surface area contributed by atoms with Gasteiger partial charge in [-0.1, -0.05) is 56.2 Å². The summed E-state index contributed by atoms with van der Waals surface area (Å²) in [5.41, 5.74) is 3.14. The van der Waals surface area contributed by atoms with Crippen molar-refractivity contribution in [3.05, 3.63) is 65.2 Å². The lowest BCUT2D eigenvalue weighted by Gasteiger charge is -2.33. The summed E-state index contributed by atoms with van der Waals surface area (Å²) in [7, 11) is -3.74. The number of carbonyl (C=O) groups is 2. The van der Waals surface area contributed by atoms with E-state index in [1.807, 2.05) is 57.2 Å². The molecule has 0 aliphatic heterocycles. The molecule has 0 saturated heterocycles. The molecule has 3 rings (SSSR count). The van der Waals surface area contributed by atoms with Crippen molar-refractivity contribution in [2.75, 3.05) is 17.1 Å². The number of nitrogens with zero attached hydrogens (tertiary/aromatic N) is 2. The van der Waals surface area contributed by atoms with Crippen LogP contribution >= 0.6 is 0 Å². The van der Waals surface area contributed by atoms with Crippen LogP contribution in [-0.2, 0) is 26.2 Å². The quantitative estimate of drug-likeness (QED) is 0.537. The molecule has 0 aromatic heterocycles. The summed E-state index contributed by atoms with van der Waals surface area (Å²) in [4.78, 5) is 28.5. The van der Waals surface area contributed by atoms with Gasteiger partial charge in [0.2, 0.25) is 21.8 Å². The lowest BCUT2D eigenvalue weighted by Crippen LogP contribution is -2.53. The predicted molar refractivity (Wildman–Crippen MR) is 140 cm³/mol. The second kappa shape index (κ2) is 11.7. The highest BCUT2D eigenvalue weighted by Crippen LogP contribution is 2.23. The Kier molecular flexibility index (Phi) is 8.94. The summed E-state index contributed by atoms with van der Waals surface area (Å²) in [6, 6.07) is 14.4. The van der Waals surface area contributed by atoms with Gasteiger partial charge in [0.1, 0.15) is 12.6 Å². The predicted octanol–water partition coefficient (Wildman–Crippen LogP) is 3.94. The lowest BCUT2D eigenvalue weighted by atomic mass is 10.1. The van der Waals surface area contributed by atoms with Crippen LogP contribution in [0, 0.1) is 13.8 Å². The summed E-state index contributed by atoms with van der Waals surface area (Å²) < 4.78 is 26.6. The standard InChI is InChI=1S/C27H37N3O4S/c1-5-25(27(32)28-23-13-9-10-14-23)29(18-22-11-7-6-8-12-22)26(31)19-30(35(4,33)34)24-16-20(2)15-21(3)17-24/h6-8,11-12,15-17,23,25H,5,9-10,13-14,18-19H2,1-4H3,(H,28,32)/t25-/m1/s1. The van der Waals surface area contributed by atoms with Crippen LogP contribution in [0.2, 0.25) is 0 Å². The second-order valence-corrected chi connectivity index (χ2v) is 11.4. The molecule has 0 heterocycles. The monoisotopic (exact) mass is 499 g/mol. The number of hydrogen-bond acceptors (Lipinski definition) is 4. The number of carbonyl (C=O) groups excluding carboxylic acids is 2. The van der Waals surface area contributed by atoms with Gasteiger partial charge in [0.15, 0.2) is 0 Å². The third-order valence-corrected chi connectivity index (χ3v) is 7.60. The van der Waals surface area contributed by atoms with Crippen molar-refractivity contribution in [3.63, 3.8) is 0 Å². The minimum absolute atomic E-state index is 0.132. The van der Waals surface area contributed by atoms with E-state index in [0.29, 0.717) is 12.1 Å². The molecule has 7 nitrogen and oxygen atoms in total. The van der Waals surface area contributed by atoms with Crippen LogP contribution in [0.3, 0.4) is 0 Å². The Bertz CT molecular complexity index is 1110. The van der Waals surface area contributed by atoms with E-state index in [-0.39, 0.29) is 25.0 Å². The van der Waals surface area contributed by atoms with Crippen LogP contribution < -0.4 is 9.62 Å². The van der Waals surface area contributed by atoms with Crippen LogP contribution in [0.5, 0.6) is 0 Å². The van der Waals surface area contributed by atoms with Crippen molar-refractivity contribution in [1.29, 1.82) is 0 Å². The average molecular weight is 500 g/mol. The van der Waals surface area contributed by atoms with E-state index in [9.17, 15) is 18.0 Å². The van der Waals surface area contributed by atoms with Gasteiger partial charge in [-0.15, -0.1) is 0 Å². The maximum Gasteiger partial charge on any atom is 0.244 e. The lowest BCUT2D eigenvalue weighted by molar-refractivity contribution is -0.140. The van der Waals surface area contributed by atoms with Gasteiger partial charge in [0.05, 0.1) is 11.9 Å². The number of sulfonamides is 1. The topological polar surface area (TPSA) is 86.8 Å². The minimum Gasteiger partial charge on any atom is -0.352 e. The van der Waals surface area contributed by atoms with Crippen LogP contribution in [0.1, 0.15) is 55.7 Å². The van der Waals surface area contributed by atoms with E-state index < -0.39 is 22.0 Å². The summed E-state index contributed by atoms with van der Waals surface area (Å²) >= 11 is 0. The van der Waals surface area contributed by atoms with Gasteiger partial charge in [-0.25, -0.2) is 8.42 Å². The zero-order chi connectivity index (χ0) is 25.6. The third-order valence-electron chi connectivity index (χ3n) is 6.46. The van der Waals surface area contributed by atoms with E-state index in [1.165, 1.54) is 4.90 Å². The summed E-state index contributed by atoms with van der Waals surface area (Å²) in [5.74, 6) is -0.590. The molecule has 8 heteroatoms. The van der Waals surface area contributed by atoms with Crippen molar-refractivity contribution in [3.8, 4) is 0 Å². The maximum absolute atomic E-state index is 13.7. The molecule has 1 fully saturated rings. The van der Waals surface area contributed by atoms with Crippen molar-refractivity contribution in [1.82, 2.24) is 10.2 Å². The Morgan fingerprint density at radius 3 is 2.17 bits per heavy atom. The van der Waals surface area contributed by atoms with Crippen LogP contribution in [0.25, 0.3) is 0 Å². The molecule has 1 atom stereocenters. The van der Waals surface area contributed by atoms with Gasteiger partial charge in [-0.05, 0) is 61.9 Å². The molecule has 1 saturated carbocycles. The summed E-state index contributed by atoms with van der Waals surface area (Å²) in [6.07, 6.45) is 5.61. The highest BCUT2D eigenvalue weighted by Gasteiger charge is 2.33. The van der Waals surface area contributed by atoms with Gasteiger partial charge in [-0.2, -0.15) is 0 Å². The normalized spacial score (nSPS) is 15.0. The largest absolute Gasteiger partial charge is 0.352 e. The van der Waals surface area contributed by atoms with E-state index >= 15 is 0 Å². The molecular formula is C27H37N3O4S. The molecule has 1 aliphatic rings. The molecule has 0 unspecified atom stereocenters. The molecule has 2 amide bonds. The average Bonchev–Trinajstić information content (AvgIpc) is 3.29. The fourth-order valence-corrected chi connectivity index (χ4v) is 5.61. The second-order valence-electron chi connectivity index (χ2n) is 9.54. The maximum atomic E-state index is 13.7. The smallest absolute Gasteiger partial charge is 0.244 e. The fourth-order valence-electron chi connectivity index (χ4n) is 4.78. The van der Waals surface area contributed by atoms with Crippen LogP contribution in [0.15, 0.2) is 48.5 Å². The molecule has 1 aliphatic carbocycles. The number of amides is 2. The highest BCUT2D eigenvalue weighted by atomic mass is 32.2. The Morgan fingerprint density at radius 1 is 1.03 bits per heavy atom. The number of anilines is 1. The van der Waals surface area contributed by atoms with Gasteiger partial charge in [0.25, 0.3) is 0 Å². The molecule has 0 spiro atoms. The summed E-state index contributed by atoms with van der Waals surface area (Å²) in [5, 5.41) is 3.12. The summed E-state index contributed by atoms with van der Waals surface area (Å²) in [6.45, 7) is 5.51. The zero-order valence-electron chi connectivity index (χ0n) is 21.2. The first-order valence-corrected chi connectivity index (χ1v) is 14.1. The molecule has 2 aromatic carbocycles. The highest BCUT2D eigenvalue weighted by molar-refractivity contribution is 7.92. The third kappa shape index (κ3) is 7.31. The van der Waals surface area contributed by atoms with Gasteiger partial charge < -0.3 is 10.2 Å². The van der Waals surface area contributed by atoms with E-state index in [0.717, 1.165) is 52.9 Å². The van der Waals surface area contributed by atoms with E-state index in [2.05, 4.69) is 5.32 Å². The Balaban J connectivity index is 1.92. The molecular weight excluding hydrogens is 462 g/mol. The first kappa shape index (κ1) is 26.7.